The Morgan fingerprint density at radius 3 is 2.23 bits per heavy atom. The van der Waals surface area contributed by atoms with Gasteiger partial charge in [0, 0.05) is 17.1 Å². The first-order valence-corrected chi connectivity index (χ1v) is 7.92. The van der Waals surface area contributed by atoms with E-state index in [0.29, 0.717) is 17.1 Å². The SMILES string of the molecule is C#CCN(c1nc(C)cc(C)n1)S(=O)(=O)c1ccc(N)cc1. The summed E-state index contributed by atoms with van der Waals surface area (Å²) in [4.78, 5) is 8.44. The minimum Gasteiger partial charge on any atom is -0.399 e. The van der Waals surface area contributed by atoms with Gasteiger partial charge in [-0.2, -0.15) is 0 Å². The normalized spacial score (nSPS) is 11.0. The van der Waals surface area contributed by atoms with Crippen molar-refractivity contribution in [2.24, 2.45) is 0 Å². The third kappa shape index (κ3) is 3.18. The van der Waals surface area contributed by atoms with Crippen LogP contribution in [0, 0.1) is 26.2 Å². The lowest BCUT2D eigenvalue weighted by molar-refractivity contribution is 0.592. The fraction of sp³-hybridized carbons (Fsp3) is 0.200. The average molecular weight is 316 g/mol. The van der Waals surface area contributed by atoms with Crippen LogP contribution in [0.25, 0.3) is 0 Å². The van der Waals surface area contributed by atoms with E-state index in [1.807, 2.05) is 0 Å². The van der Waals surface area contributed by atoms with Crippen molar-refractivity contribution in [2.45, 2.75) is 18.7 Å². The monoisotopic (exact) mass is 316 g/mol. The molecule has 2 rings (SSSR count). The van der Waals surface area contributed by atoms with E-state index in [9.17, 15) is 8.42 Å². The lowest BCUT2D eigenvalue weighted by Crippen LogP contribution is -2.33. The molecule has 7 heteroatoms. The number of hydrogen-bond donors (Lipinski definition) is 1. The summed E-state index contributed by atoms with van der Waals surface area (Å²) in [5.74, 6) is 2.40. The maximum atomic E-state index is 12.8. The quantitative estimate of drug-likeness (QED) is 0.682. The first kappa shape index (κ1) is 15.8. The molecule has 0 aliphatic rings. The lowest BCUT2D eigenvalue weighted by Gasteiger charge is -2.20. The largest absolute Gasteiger partial charge is 0.399 e. The number of hydrogen-bond acceptors (Lipinski definition) is 5. The van der Waals surface area contributed by atoms with Crippen LogP contribution in [-0.2, 0) is 10.0 Å². The summed E-state index contributed by atoms with van der Waals surface area (Å²) in [6, 6.07) is 7.65. The molecule has 0 radical (unpaired) electrons. The summed E-state index contributed by atoms with van der Waals surface area (Å²) in [7, 11) is -3.86. The predicted octanol–water partition coefficient (Wildman–Crippen LogP) is 1.50. The number of nitrogen functional groups attached to an aromatic ring is 1. The number of anilines is 2. The number of aromatic nitrogens is 2. The van der Waals surface area contributed by atoms with Crippen molar-refractivity contribution in [1.82, 2.24) is 9.97 Å². The fourth-order valence-electron chi connectivity index (χ4n) is 1.93. The van der Waals surface area contributed by atoms with Gasteiger partial charge in [-0.05, 0) is 44.2 Å². The van der Waals surface area contributed by atoms with Crippen LogP contribution in [0.5, 0.6) is 0 Å². The molecular formula is C15H16N4O2S. The van der Waals surface area contributed by atoms with Gasteiger partial charge < -0.3 is 5.73 Å². The zero-order valence-corrected chi connectivity index (χ0v) is 13.1. The van der Waals surface area contributed by atoms with Gasteiger partial charge >= 0.3 is 0 Å². The molecule has 0 saturated carbocycles. The maximum absolute atomic E-state index is 12.8. The minimum absolute atomic E-state index is 0.0623. The number of rotatable bonds is 4. The number of nitrogens with two attached hydrogens (primary N) is 1. The Morgan fingerprint density at radius 1 is 1.18 bits per heavy atom. The highest BCUT2D eigenvalue weighted by atomic mass is 32.2. The van der Waals surface area contributed by atoms with Gasteiger partial charge in [0.15, 0.2) is 0 Å². The van der Waals surface area contributed by atoms with Gasteiger partial charge in [-0.3, -0.25) is 0 Å². The highest BCUT2D eigenvalue weighted by molar-refractivity contribution is 7.92. The first-order valence-electron chi connectivity index (χ1n) is 6.48. The van der Waals surface area contributed by atoms with Gasteiger partial charge in [-0.25, -0.2) is 22.7 Å². The molecule has 1 aromatic carbocycles. The second-order valence-electron chi connectivity index (χ2n) is 4.74. The molecule has 2 N–H and O–H groups in total. The van der Waals surface area contributed by atoms with Crippen LogP contribution < -0.4 is 10.0 Å². The summed E-state index contributed by atoms with van der Waals surface area (Å²) in [5, 5.41) is 0. The summed E-state index contributed by atoms with van der Waals surface area (Å²) in [5.41, 5.74) is 7.39. The van der Waals surface area contributed by atoms with Gasteiger partial charge in [0.1, 0.15) is 0 Å². The van der Waals surface area contributed by atoms with Crippen molar-refractivity contribution in [1.29, 1.82) is 0 Å². The summed E-state index contributed by atoms with van der Waals surface area (Å²) in [6.07, 6.45) is 5.31. The van der Waals surface area contributed by atoms with Crippen LogP contribution in [0.2, 0.25) is 0 Å². The lowest BCUT2D eigenvalue weighted by atomic mass is 10.3. The van der Waals surface area contributed by atoms with Crippen LogP contribution in [-0.4, -0.2) is 24.9 Å². The van der Waals surface area contributed by atoms with Crippen molar-refractivity contribution >= 4 is 21.7 Å². The van der Waals surface area contributed by atoms with Crippen LogP contribution in [0.1, 0.15) is 11.4 Å². The van der Waals surface area contributed by atoms with Crippen LogP contribution >= 0.6 is 0 Å². The third-order valence-electron chi connectivity index (χ3n) is 2.90. The van der Waals surface area contributed by atoms with Crippen LogP contribution in [0.3, 0.4) is 0 Å². The molecule has 114 valence electrons. The van der Waals surface area contributed by atoms with E-state index in [2.05, 4.69) is 15.9 Å². The van der Waals surface area contributed by atoms with E-state index in [-0.39, 0.29) is 17.4 Å². The predicted molar refractivity (Wildman–Crippen MR) is 85.7 cm³/mol. The molecule has 0 bridgehead atoms. The van der Waals surface area contributed by atoms with Crippen molar-refractivity contribution in [3.05, 3.63) is 41.7 Å². The molecule has 1 aromatic heterocycles. The molecular weight excluding hydrogens is 300 g/mol. The molecule has 0 amide bonds. The van der Waals surface area contributed by atoms with Gasteiger partial charge in [0.25, 0.3) is 10.0 Å². The van der Waals surface area contributed by atoms with E-state index < -0.39 is 10.0 Å². The molecule has 0 fully saturated rings. The van der Waals surface area contributed by atoms with E-state index in [0.717, 1.165) is 4.31 Å². The molecule has 0 aliphatic carbocycles. The smallest absolute Gasteiger partial charge is 0.267 e. The Balaban J connectivity index is 2.55. The number of terminal acetylenes is 1. The third-order valence-corrected chi connectivity index (χ3v) is 4.64. The molecule has 0 atom stereocenters. The molecule has 0 spiro atoms. The second-order valence-corrected chi connectivity index (χ2v) is 6.60. The Kier molecular flexibility index (Phi) is 4.33. The highest BCUT2D eigenvalue weighted by Gasteiger charge is 2.26. The summed E-state index contributed by atoms with van der Waals surface area (Å²) >= 11 is 0. The molecule has 6 nitrogen and oxygen atoms in total. The highest BCUT2D eigenvalue weighted by Crippen LogP contribution is 2.21. The first-order chi connectivity index (χ1) is 10.3. The maximum Gasteiger partial charge on any atom is 0.267 e. The molecule has 2 aromatic rings. The van der Waals surface area contributed by atoms with Crippen LogP contribution in [0.15, 0.2) is 35.2 Å². The number of nitrogens with zero attached hydrogens (tertiary/aromatic N) is 3. The van der Waals surface area contributed by atoms with E-state index >= 15 is 0 Å². The number of sulfonamides is 1. The van der Waals surface area contributed by atoms with Crippen molar-refractivity contribution in [2.75, 3.05) is 16.6 Å². The van der Waals surface area contributed by atoms with Gasteiger partial charge in [0.2, 0.25) is 5.95 Å². The van der Waals surface area contributed by atoms with Crippen molar-refractivity contribution in [3.8, 4) is 12.3 Å². The van der Waals surface area contributed by atoms with Crippen molar-refractivity contribution in [3.63, 3.8) is 0 Å². The number of aryl methyl sites for hydroxylation is 2. The zero-order chi connectivity index (χ0) is 16.3. The van der Waals surface area contributed by atoms with E-state index in [1.165, 1.54) is 24.3 Å². The topological polar surface area (TPSA) is 89.2 Å². The van der Waals surface area contributed by atoms with Crippen LogP contribution in [0.4, 0.5) is 11.6 Å². The molecule has 0 aliphatic heterocycles. The Bertz CT molecular complexity index is 803. The molecule has 1 heterocycles. The van der Waals surface area contributed by atoms with Gasteiger partial charge in [0.05, 0.1) is 11.4 Å². The van der Waals surface area contributed by atoms with Crippen molar-refractivity contribution < 1.29 is 8.42 Å². The molecule has 22 heavy (non-hydrogen) atoms. The average Bonchev–Trinajstić information content (AvgIpc) is 2.44. The summed E-state index contributed by atoms with van der Waals surface area (Å²) < 4.78 is 26.5. The second kappa shape index (κ2) is 6.03. The summed E-state index contributed by atoms with van der Waals surface area (Å²) in [6.45, 7) is 3.37. The minimum atomic E-state index is -3.86. The Morgan fingerprint density at radius 2 is 1.73 bits per heavy atom. The Hall–Kier alpha value is -2.59. The zero-order valence-electron chi connectivity index (χ0n) is 12.3. The van der Waals surface area contributed by atoms with E-state index in [1.54, 1.807) is 19.9 Å². The van der Waals surface area contributed by atoms with Gasteiger partial charge in [-0.1, -0.05) is 5.92 Å². The Labute approximate surface area is 130 Å². The van der Waals surface area contributed by atoms with E-state index in [4.69, 9.17) is 12.2 Å². The standard InChI is InChI=1S/C15H16N4O2S/c1-4-9-19(15-17-11(2)10-12(3)18-15)22(20,21)14-7-5-13(16)6-8-14/h1,5-8,10H,9,16H2,2-3H3. The molecule has 0 unspecified atom stereocenters. The fourth-order valence-corrected chi connectivity index (χ4v) is 3.21. The molecule has 0 saturated heterocycles. The van der Waals surface area contributed by atoms with Gasteiger partial charge in [-0.15, -0.1) is 6.42 Å². The number of benzene rings is 1.